The van der Waals surface area contributed by atoms with E-state index in [-0.39, 0.29) is 12.0 Å². The van der Waals surface area contributed by atoms with E-state index >= 15 is 0 Å². The second kappa shape index (κ2) is 6.68. The number of fused-ring (bicyclic) bond motifs is 1. The van der Waals surface area contributed by atoms with E-state index in [1.54, 1.807) is 30.0 Å². The summed E-state index contributed by atoms with van der Waals surface area (Å²) in [6, 6.07) is 2.29. The van der Waals surface area contributed by atoms with E-state index in [0.717, 1.165) is 40.4 Å². The molecule has 0 N–H and O–H groups in total. The maximum Gasteiger partial charge on any atom is 0.357 e. The van der Waals surface area contributed by atoms with Crippen molar-refractivity contribution < 1.29 is 9.53 Å². The fourth-order valence-corrected chi connectivity index (χ4v) is 4.99. The minimum Gasteiger partial charge on any atom is -0.461 e. The van der Waals surface area contributed by atoms with E-state index in [9.17, 15) is 4.79 Å². The van der Waals surface area contributed by atoms with Crippen molar-refractivity contribution in [1.29, 1.82) is 0 Å². The van der Waals surface area contributed by atoms with Gasteiger partial charge in [-0.05, 0) is 32.8 Å². The highest BCUT2D eigenvalue weighted by Gasteiger charge is 2.31. The zero-order valence-electron chi connectivity index (χ0n) is 14.1. The van der Waals surface area contributed by atoms with Crippen LogP contribution in [0, 0.1) is 6.92 Å². The summed E-state index contributed by atoms with van der Waals surface area (Å²) >= 11 is 3.20. The van der Waals surface area contributed by atoms with Crippen LogP contribution in [0.4, 0.5) is 5.82 Å². The Labute approximate surface area is 153 Å². The fourth-order valence-electron chi connectivity index (χ4n) is 3.21. The monoisotopic (exact) mass is 374 g/mol. The zero-order chi connectivity index (χ0) is 17.4. The van der Waals surface area contributed by atoms with Gasteiger partial charge in [-0.1, -0.05) is 0 Å². The minimum absolute atomic E-state index is 0.145. The first-order valence-electron chi connectivity index (χ1n) is 8.27. The van der Waals surface area contributed by atoms with Crippen LogP contribution in [-0.2, 0) is 4.74 Å². The molecule has 130 valence electrons. The lowest BCUT2D eigenvalue weighted by Gasteiger charge is -2.24. The normalized spacial score (nSPS) is 17.4. The number of thiophene rings is 1. The molecule has 0 bridgehead atoms. The predicted molar refractivity (Wildman–Crippen MR) is 99.5 cm³/mol. The number of thiazole rings is 1. The quantitative estimate of drug-likeness (QED) is 0.644. The average molecular weight is 374 g/mol. The average Bonchev–Trinajstić information content (AvgIpc) is 3.32. The number of carbonyl (C=O) groups is 1. The lowest BCUT2D eigenvalue weighted by atomic mass is 10.2. The zero-order valence-corrected chi connectivity index (χ0v) is 15.7. The summed E-state index contributed by atoms with van der Waals surface area (Å²) in [7, 11) is 0. The van der Waals surface area contributed by atoms with Gasteiger partial charge in [-0.15, -0.1) is 22.7 Å². The lowest BCUT2D eigenvalue weighted by molar-refractivity contribution is 0.0520. The molecule has 3 aromatic heterocycles. The second-order valence-electron chi connectivity index (χ2n) is 5.92. The summed E-state index contributed by atoms with van der Waals surface area (Å²) in [5.74, 6) is 0.608. The van der Waals surface area contributed by atoms with Crippen LogP contribution in [0.25, 0.3) is 10.2 Å². The van der Waals surface area contributed by atoms with Gasteiger partial charge >= 0.3 is 5.97 Å². The standard InChI is InChI=1S/C17H18N4O2S2/c1-3-23-17(22)12-8-24-16(20-12)13-5-4-6-21(13)14-11-7-10(2)25-15(11)19-9-18-14/h7-9,13H,3-6H2,1-2H3. The van der Waals surface area contributed by atoms with Gasteiger partial charge in [0.1, 0.15) is 22.0 Å². The molecule has 0 spiro atoms. The van der Waals surface area contributed by atoms with Gasteiger partial charge in [0.15, 0.2) is 5.69 Å². The topological polar surface area (TPSA) is 68.2 Å². The van der Waals surface area contributed by atoms with Crippen molar-refractivity contribution >= 4 is 44.7 Å². The van der Waals surface area contributed by atoms with Gasteiger partial charge in [-0.25, -0.2) is 19.7 Å². The molecule has 8 heteroatoms. The number of carbonyl (C=O) groups excluding carboxylic acids is 1. The van der Waals surface area contributed by atoms with Crippen LogP contribution >= 0.6 is 22.7 Å². The first kappa shape index (κ1) is 16.4. The van der Waals surface area contributed by atoms with Gasteiger partial charge in [0.2, 0.25) is 0 Å². The summed E-state index contributed by atoms with van der Waals surface area (Å²) < 4.78 is 5.05. The summed E-state index contributed by atoms with van der Waals surface area (Å²) in [5.41, 5.74) is 0.396. The summed E-state index contributed by atoms with van der Waals surface area (Å²) in [4.78, 5) is 29.9. The first-order chi connectivity index (χ1) is 12.2. The van der Waals surface area contributed by atoms with Crippen LogP contribution in [-0.4, -0.2) is 34.1 Å². The molecule has 1 saturated heterocycles. The molecular weight excluding hydrogens is 356 g/mol. The Morgan fingerprint density at radius 3 is 3.16 bits per heavy atom. The third-order valence-corrected chi connectivity index (χ3v) is 6.15. The molecule has 1 fully saturated rings. The van der Waals surface area contributed by atoms with Gasteiger partial charge in [0.25, 0.3) is 0 Å². The number of rotatable bonds is 4. The van der Waals surface area contributed by atoms with Crippen molar-refractivity contribution in [2.24, 2.45) is 0 Å². The van der Waals surface area contributed by atoms with Crippen LogP contribution in [0.1, 0.15) is 46.2 Å². The van der Waals surface area contributed by atoms with Crippen LogP contribution in [0.5, 0.6) is 0 Å². The van der Waals surface area contributed by atoms with Crippen molar-refractivity contribution in [2.75, 3.05) is 18.1 Å². The van der Waals surface area contributed by atoms with Crippen LogP contribution in [0.3, 0.4) is 0 Å². The maximum absolute atomic E-state index is 11.9. The van der Waals surface area contributed by atoms with E-state index in [4.69, 9.17) is 4.74 Å². The molecule has 1 atom stereocenters. The van der Waals surface area contributed by atoms with Crippen molar-refractivity contribution in [1.82, 2.24) is 15.0 Å². The predicted octanol–water partition coefficient (Wildman–Crippen LogP) is 3.97. The number of ether oxygens (including phenoxy) is 1. The molecule has 0 aromatic carbocycles. The molecule has 0 saturated carbocycles. The Balaban J connectivity index is 1.67. The number of hydrogen-bond acceptors (Lipinski definition) is 8. The van der Waals surface area contributed by atoms with Gasteiger partial charge in [-0.3, -0.25) is 0 Å². The third kappa shape index (κ3) is 3.00. The molecule has 0 radical (unpaired) electrons. The van der Waals surface area contributed by atoms with Crippen LogP contribution in [0.2, 0.25) is 0 Å². The van der Waals surface area contributed by atoms with Crippen LogP contribution < -0.4 is 4.90 Å². The maximum atomic E-state index is 11.9. The number of aryl methyl sites for hydroxylation is 1. The summed E-state index contributed by atoms with van der Waals surface area (Å²) in [5, 5.41) is 3.83. The number of esters is 1. The van der Waals surface area contributed by atoms with E-state index < -0.39 is 0 Å². The van der Waals surface area contributed by atoms with E-state index in [0.29, 0.717) is 12.3 Å². The Morgan fingerprint density at radius 1 is 1.44 bits per heavy atom. The molecule has 1 aliphatic heterocycles. The summed E-state index contributed by atoms with van der Waals surface area (Å²) in [6.07, 6.45) is 3.72. The van der Waals surface area contributed by atoms with Crippen LogP contribution in [0.15, 0.2) is 17.8 Å². The Bertz CT molecular complexity index is 920. The van der Waals surface area contributed by atoms with Crippen molar-refractivity contribution in [3.63, 3.8) is 0 Å². The fraction of sp³-hybridized carbons (Fsp3) is 0.412. The summed E-state index contributed by atoms with van der Waals surface area (Å²) in [6.45, 7) is 5.18. The SMILES string of the molecule is CCOC(=O)c1csc(C2CCCN2c2ncnc3sc(C)cc23)n1. The highest BCUT2D eigenvalue weighted by molar-refractivity contribution is 7.18. The second-order valence-corrected chi connectivity index (χ2v) is 8.04. The van der Waals surface area contributed by atoms with E-state index in [2.05, 4.69) is 32.8 Å². The third-order valence-electron chi connectivity index (χ3n) is 4.25. The van der Waals surface area contributed by atoms with Gasteiger partial charge in [-0.2, -0.15) is 0 Å². The van der Waals surface area contributed by atoms with Crippen molar-refractivity contribution in [2.45, 2.75) is 32.7 Å². The van der Waals surface area contributed by atoms with Gasteiger partial charge in [0, 0.05) is 16.8 Å². The largest absolute Gasteiger partial charge is 0.461 e. The molecule has 4 rings (SSSR count). The molecule has 0 amide bonds. The Kier molecular flexibility index (Phi) is 4.39. The number of nitrogens with zero attached hydrogens (tertiary/aromatic N) is 4. The van der Waals surface area contributed by atoms with E-state index in [1.165, 1.54) is 16.2 Å². The number of anilines is 1. The molecule has 6 nitrogen and oxygen atoms in total. The highest BCUT2D eigenvalue weighted by atomic mass is 32.1. The molecule has 25 heavy (non-hydrogen) atoms. The molecule has 0 aliphatic carbocycles. The lowest BCUT2D eigenvalue weighted by Crippen LogP contribution is -2.23. The minimum atomic E-state index is -0.354. The number of aromatic nitrogens is 3. The molecule has 4 heterocycles. The van der Waals surface area contributed by atoms with Gasteiger partial charge < -0.3 is 9.64 Å². The molecule has 1 unspecified atom stereocenters. The highest BCUT2D eigenvalue weighted by Crippen LogP contribution is 2.40. The number of hydrogen-bond donors (Lipinski definition) is 0. The van der Waals surface area contributed by atoms with Gasteiger partial charge in [0.05, 0.1) is 18.0 Å². The first-order valence-corrected chi connectivity index (χ1v) is 9.97. The molecular formula is C17H18N4O2S2. The van der Waals surface area contributed by atoms with E-state index in [1.807, 2.05) is 0 Å². The molecule has 1 aliphatic rings. The molecule has 3 aromatic rings. The van der Waals surface area contributed by atoms with Crippen molar-refractivity contribution in [3.05, 3.63) is 33.4 Å². The smallest absolute Gasteiger partial charge is 0.357 e. The Morgan fingerprint density at radius 2 is 2.32 bits per heavy atom. The Hall–Kier alpha value is -2.06. The van der Waals surface area contributed by atoms with Crippen molar-refractivity contribution in [3.8, 4) is 0 Å².